The SMILES string of the molecule is O=[N+]([O-])c1ccc(Nc2nc(NN=Cc3ccc(-c4ccc(Br)cc4)o3)nc(Nc3ccccc3)n2)cc1. The van der Waals surface area contributed by atoms with Gasteiger partial charge in [-0.05, 0) is 48.5 Å². The van der Waals surface area contributed by atoms with E-state index >= 15 is 0 Å². The van der Waals surface area contributed by atoms with E-state index in [0.29, 0.717) is 17.2 Å². The van der Waals surface area contributed by atoms with E-state index in [4.69, 9.17) is 4.42 Å². The van der Waals surface area contributed by atoms with Crippen LogP contribution < -0.4 is 16.1 Å². The minimum Gasteiger partial charge on any atom is -0.455 e. The van der Waals surface area contributed by atoms with Gasteiger partial charge >= 0.3 is 0 Å². The van der Waals surface area contributed by atoms with Gasteiger partial charge in [0.05, 0.1) is 11.1 Å². The van der Waals surface area contributed by atoms with Gasteiger partial charge < -0.3 is 15.1 Å². The lowest BCUT2D eigenvalue weighted by Crippen LogP contribution is -2.07. The predicted octanol–water partition coefficient (Wildman–Crippen LogP) is 6.74. The highest BCUT2D eigenvalue weighted by atomic mass is 79.9. The van der Waals surface area contributed by atoms with Gasteiger partial charge in [0.1, 0.15) is 11.5 Å². The number of nitrogens with zero attached hydrogens (tertiary/aromatic N) is 5. The normalized spacial score (nSPS) is 10.9. The number of hydrogen-bond donors (Lipinski definition) is 3. The van der Waals surface area contributed by atoms with Crippen molar-refractivity contribution in [3.63, 3.8) is 0 Å². The molecule has 0 amide bonds. The lowest BCUT2D eigenvalue weighted by Gasteiger charge is -2.10. The summed E-state index contributed by atoms with van der Waals surface area (Å²) in [7, 11) is 0. The van der Waals surface area contributed by atoms with Crippen LogP contribution in [0.15, 0.2) is 105 Å². The van der Waals surface area contributed by atoms with E-state index in [1.807, 2.05) is 60.7 Å². The quantitative estimate of drug-likeness (QED) is 0.0996. The van der Waals surface area contributed by atoms with Gasteiger partial charge in [0.15, 0.2) is 0 Å². The Kier molecular flexibility index (Phi) is 7.32. The monoisotopic (exact) mass is 570 g/mol. The van der Waals surface area contributed by atoms with Crippen LogP contribution in [0.2, 0.25) is 0 Å². The number of para-hydroxylation sites is 1. The number of hydrogen-bond acceptors (Lipinski definition) is 10. The highest BCUT2D eigenvalue weighted by Crippen LogP contribution is 2.24. The van der Waals surface area contributed by atoms with Gasteiger partial charge in [-0.3, -0.25) is 10.1 Å². The molecule has 0 spiro atoms. The Balaban J connectivity index is 1.34. The minimum absolute atomic E-state index is 0.0180. The molecule has 188 valence electrons. The zero-order valence-electron chi connectivity index (χ0n) is 19.6. The van der Waals surface area contributed by atoms with Crippen LogP contribution in [0.5, 0.6) is 0 Å². The van der Waals surface area contributed by atoms with E-state index in [2.05, 4.69) is 52.0 Å². The van der Waals surface area contributed by atoms with Gasteiger partial charge in [-0.2, -0.15) is 20.1 Å². The lowest BCUT2D eigenvalue weighted by atomic mass is 10.2. The number of furan rings is 1. The molecule has 0 aliphatic heterocycles. The van der Waals surface area contributed by atoms with Crippen molar-refractivity contribution in [3.8, 4) is 11.3 Å². The van der Waals surface area contributed by atoms with Crippen molar-refractivity contribution in [2.45, 2.75) is 0 Å². The van der Waals surface area contributed by atoms with Crippen molar-refractivity contribution in [2.24, 2.45) is 5.10 Å². The summed E-state index contributed by atoms with van der Waals surface area (Å²) in [5.41, 5.74) is 5.07. The van der Waals surface area contributed by atoms with Gasteiger partial charge in [-0.15, -0.1) is 0 Å². The maximum atomic E-state index is 10.9. The third kappa shape index (κ3) is 6.36. The van der Waals surface area contributed by atoms with E-state index in [9.17, 15) is 10.1 Å². The Morgan fingerprint density at radius 3 is 2.08 bits per heavy atom. The summed E-state index contributed by atoms with van der Waals surface area (Å²) < 4.78 is 6.83. The molecule has 0 unspecified atom stereocenters. The average Bonchev–Trinajstić information content (AvgIpc) is 3.39. The van der Waals surface area contributed by atoms with Crippen LogP contribution >= 0.6 is 15.9 Å². The van der Waals surface area contributed by atoms with E-state index < -0.39 is 4.92 Å². The molecule has 0 aliphatic carbocycles. The summed E-state index contributed by atoms with van der Waals surface area (Å²) in [6.07, 6.45) is 1.51. The predicted molar refractivity (Wildman–Crippen MR) is 149 cm³/mol. The molecular formula is C26H19BrN8O3. The van der Waals surface area contributed by atoms with Gasteiger partial charge in [0.25, 0.3) is 5.69 Å². The Morgan fingerprint density at radius 2 is 1.42 bits per heavy atom. The molecule has 2 heterocycles. The summed E-state index contributed by atoms with van der Waals surface area (Å²) in [6.45, 7) is 0. The molecular weight excluding hydrogens is 552 g/mol. The summed E-state index contributed by atoms with van der Waals surface area (Å²) in [5, 5.41) is 21.3. The number of aromatic nitrogens is 3. The third-order valence-corrected chi connectivity index (χ3v) is 5.64. The van der Waals surface area contributed by atoms with Crippen LogP contribution in [-0.4, -0.2) is 26.1 Å². The molecule has 0 bridgehead atoms. The summed E-state index contributed by atoms with van der Waals surface area (Å²) in [6, 6.07) is 26.8. The highest BCUT2D eigenvalue weighted by Gasteiger charge is 2.10. The van der Waals surface area contributed by atoms with Crippen LogP contribution in [0, 0.1) is 10.1 Å². The fourth-order valence-electron chi connectivity index (χ4n) is 3.33. The standard InChI is InChI=1S/C26H19BrN8O3/c27-18-8-6-17(7-9-18)23-15-14-22(38-23)16-28-34-26-32-24(29-19-4-2-1-3-5-19)31-25(33-26)30-20-10-12-21(13-11-20)35(36)37/h1-16H,(H3,29,30,31,32,33,34). The first-order valence-electron chi connectivity index (χ1n) is 11.3. The second kappa shape index (κ2) is 11.3. The van der Waals surface area contributed by atoms with Crippen molar-refractivity contribution >= 4 is 57.1 Å². The van der Waals surface area contributed by atoms with Crippen LogP contribution in [0.25, 0.3) is 11.3 Å². The first-order chi connectivity index (χ1) is 18.5. The number of halogens is 1. The lowest BCUT2D eigenvalue weighted by molar-refractivity contribution is -0.384. The molecule has 3 aromatic carbocycles. The fourth-order valence-corrected chi connectivity index (χ4v) is 3.59. The maximum Gasteiger partial charge on any atom is 0.269 e. The number of benzene rings is 3. The topological polar surface area (TPSA) is 143 Å². The average molecular weight is 571 g/mol. The number of nitro benzene ring substituents is 1. The number of rotatable bonds is 9. The van der Waals surface area contributed by atoms with E-state index in [0.717, 1.165) is 15.7 Å². The molecule has 5 aromatic rings. The summed E-state index contributed by atoms with van der Waals surface area (Å²) in [5.74, 6) is 1.89. The zero-order chi connectivity index (χ0) is 26.3. The Bertz CT molecular complexity index is 1570. The first-order valence-corrected chi connectivity index (χ1v) is 12.1. The van der Waals surface area contributed by atoms with Gasteiger partial charge in [0, 0.05) is 33.5 Å². The Morgan fingerprint density at radius 1 is 0.789 bits per heavy atom. The molecule has 0 saturated carbocycles. The van der Waals surface area contributed by atoms with Gasteiger partial charge in [-0.25, -0.2) is 5.43 Å². The molecule has 2 aromatic heterocycles. The zero-order valence-corrected chi connectivity index (χ0v) is 21.2. The Hall–Kier alpha value is -5.10. The summed E-state index contributed by atoms with van der Waals surface area (Å²) in [4.78, 5) is 23.6. The molecule has 0 fully saturated rings. The molecule has 0 aliphatic rings. The van der Waals surface area contributed by atoms with E-state index in [-0.39, 0.29) is 23.5 Å². The number of anilines is 5. The first kappa shape index (κ1) is 24.6. The van der Waals surface area contributed by atoms with Gasteiger partial charge in [-0.1, -0.05) is 46.3 Å². The molecule has 0 atom stereocenters. The van der Waals surface area contributed by atoms with Crippen LogP contribution in [0.4, 0.5) is 34.9 Å². The Labute approximate surface area is 225 Å². The van der Waals surface area contributed by atoms with Crippen molar-refractivity contribution in [3.05, 3.63) is 111 Å². The minimum atomic E-state index is -0.463. The number of nitro groups is 1. The van der Waals surface area contributed by atoms with Crippen molar-refractivity contribution in [2.75, 3.05) is 16.1 Å². The van der Waals surface area contributed by atoms with Crippen molar-refractivity contribution in [1.82, 2.24) is 15.0 Å². The second-order valence-electron chi connectivity index (χ2n) is 7.81. The molecule has 0 radical (unpaired) electrons. The summed E-state index contributed by atoms with van der Waals surface area (Å²) >= 11 is 3.42. The second-order valence-corrected chi connectivity index (χ2v) is 8.72. The largest absolute Gasteiger partial charge is 0.455 e. The van der Waals surface area contributed by atoms with Crippen LogP contribution in [-0.2, 0) is 0 Å². The van der Waals surface area contributed by atoms with Crippen LogP contribution in [0.3, 0.4) is 0 Å². The van der Waals surface area contributed by atoms with Gasteiger partial charge in [0.2, 0.25) is 17.8 Å². The maximum absolute atomic E-state index is 10.9. The molecule has 38 heavy (non-hydrogen) atoms. The van der Waals surface area contributed by atoms with Crippen molar-refractivity contribution in [1.29, 1.82) is 0 Å². The van der Waals surface area contributed by atoms with Crippen LogP contribution in [0.1, 0.15) is 5.76 Å². The van der Waals surface area contributed by atoms with Crippen molar-refractivity contribution < 1.29 is 9.34 Å². The van der Waals surface area contributed by atoms with E-state index in [1.54, 1.807) is 18.2 Å². The molecule has 5 rings (SSSR count). The number of non-ortho nitro benzene ring substituents is 1. The fraction of sp³-hybridized carbons (Fsp3) is 0. The molecule has 0 saturated heterocycles. The smallest absolute Gasteiger partial charge is 0.269 e. The van der Waals surface area contributed by atoms with E-state index in [1.165, 1.54) is 18.3 Å². The highest BCUT2D eigenvalue weighted by molar-refractivity contribution is 9.10. The molecule has 12 heteroatoms. The number of nitrogens with one attached hydrogen (secondary N) is 3. The number of hydrazone groups is 1. The molecule has 3 N–H and O–H groups in total. The third-order valence-electron chi connectivity index (χ3n) is 5.11. The molecule has 11 nitrogen and oxygen atoms in total.